The summed E-state index contributed by atoms with van der Waals surface area (Å²) in [6.07, 6.45) is 9.45. The fourth-order valence-corrected chi connectivity index (χ4v) is 14.0. The molecular weight excluding hydrogens is 911 g/mol. The number of benzene rings is 10. The quantitative estimate of drug-likeness (QED) is 0.167. The number of hydrogen-bond donors (Lipinski definition) is 0. The van der Waals surface area contributed by atoms with E-state index in [-0.39, 0.29) is 11.3 Å². The van der Waals surface area contributed by atoms with E-state index in [1.165, 1.54) is 49.7 Å². The van der Waals surface area contributed by atoms with Crippen molar-refractivity contribution in [2.45, 2.75) is 18.3 Å². The molecule has 0 saturated carbocycles. The van der Waals surface area contributed by atoms with E-state index in [4.69, 9.17) is 9.97 Å². The molecule has 10 aromatic carbocycles. The van der Waals surface area contributed by atoms with Crippen molar-refractivity contribution in [2.24, 2.45) is 5.41 Å². The van der Waals surface area contributed by atoms with E-state index < -0.39 is 5.41 Å². The van der Waals surface area contributed by atoms with Crippen LogP contribution in [0.2, 0.25) is 0 Å². The Hall–Kier alpha value is -9.58. The number of nitrogens with zero attached hydrogens (tertiary/aromatic N) is 5. The largest absolute Gasteiger partial charge is 0.310 e. The Morgan fingerprint density at radius 3 is 1.80 bits per heavy atom. The second-order valence-corrected chi connectivity index (χ2v) is 20.6. The van der Waals surface area contributed by atoms with Gasteiger partial charge in [0.1, 0.15) is 0 Å². The second kappa shape index (κ2) is 15.7. The lowest BCUT2D eigenvalue weighted by molar-refractivity contribution is 0.294. The number of rotatable bonds is 6. The number of para-hydroxylation sites is 4. The molecule has 0 N–H and O–H groups in total. The molecular formula is C70H47N5. The van der Waals surface area contributed by atoms with Crippen LogP contribution in [0, 0.1) is 5.41 Å². The Labute approximate surface area is 434 Å². The molecule has 0 amide bonds. The van der Waals surface area contributed by atoms with Gasteiger partial charge < -0.3 is 9.47 Å². The molecule has 3 atom stereocenters. The Morgan fingerprint density at radius 1 is 0.453 bits per heavy atom. The summed E-state index contributed by atoms with van der Waals surface area (Å²) in [5.74, 6) is 0.842. The van der Waals surface area contributed by atoms with Crippen LogP contribution in [0.4, 0.5) is 17.1 Å². The highest BCUT2D eigenvalue weighted by Crippen LogP contribution is 2.72. The summed E-state index contributed by atoms with van der Waals surface area (Å²) in [4.78, 5) is 13.4. The predicted octanol–water partition coefficient (Wildman–Crippen LogP) is 17.5. The summed E-state index contributed by atoms with van der Waals surface area (Å²) >= 11 is 0. The van der Waals surface area contributed by atoms with Crippen molar-refractivity contribution in [1.82, 2.24) is 19.1 Å². The van der Waals surface area contributed by atoms with Gasteiger partial charge in [-0.2, -0.15) is 0 Å². The van der Waals surface area contributed by atoms with E-state index in [2.05, 4.69) is 282 Å². The van der Waals surface area contributed by atoms with Crippen LogP contribution in [0.25, 0.3) is 88.5 Å². The zero-order chi connectivity index (χ0) is 49.4. The van der Waals surface area contributed by atoms with Gasteiger partial charge in [-0.1, -0.05) is 207 Å². The molecule has 0 radical (unpaired) electrons. The first-order valence-corrected chi connectivity index (χ1v) is 26.0. The van der Waals surface area contributed by atoms with Gasteiger partial charge in [0.25, 0.3) is 0 Å². The van der Waals surface area contributed by atoms with Crippen molar-refractivity contribution in [1.29, 1.82) is 0 Å². The second-order valence-electron chi connectivity index (χ2n) is 20.6. The zero-order valence-corrected chi connectivity index (χ0v) is 41.1. The zero-order valence-electron chi connectivity index (χ0n) is 41.1. The van der Waals surface area contributed by atoms with Gasteiger partial charge >= 0.3 is 0 Å². The van der Waals surface area contributed by atoms with Crippen LogP contribution in [0.15, 0.2) is 261 Å². The number of allylic oxidation sites excluding steroid dienone is 4. The van der Waals surface area contributed by atoms with Crippen molar-refractivity contribution in [2.75, 3.05) is 4.90 Å². The highest BCUT2D eigenvalue weighted by atomic mass is 15.2. The summed E-state index contributed by atoms with van der Waals surface area (Å²) in [7, 11) is 0. The maximum Gasteiger partial charge on any atom is 0.235 e. The Balaban J connectivity index is 1.01. The smallest absolute Gasteiger partial charge is 0.235 e. The number of fused-ring (bicyclic) bond motifs is 17. The van der Waals surface area contributed by atoms with Gasteiger partial charge in [0.2, 0.25) is 5.95 Å². The van der Waals surface area contributed by atoms with E-state index in [9.17, 15) is 0 Å². The van der Waals surface area contributed by atoms with Crippen LogP contribution in [-0.2, 0) is 5.41 Å². The summed E-state index contributed by atoms with van der Waals surface area (Å²) < 4.78 is 4.70. The molecule has 13 aromatic rings. The van der Waals surface area contributed by atoms with Crippen molar-refractivity contribution in [3.63, 3.8) is 0 Å². The minimum absolute atomic E-state index is 0.212. The SMILES string of the molecule is CC12C=CC=CC1c1ccccc1C21c2ccccc2-c2c(N(c3ccc4c5ccccc5n(-c5ccccc5)c4c3)c3ccc4c5ccccc5n(-c5nc(-c6ccccc6)c6ccccc6n5)c4c3)cccc21. The fourth-order valence-electron chi connectivity index (χ4n) is 14.0. The van der Waals surface area contributed by atoms with Crippen LogP contribution in [0.3, 0.4) is 0 Å². The third-order valence-corrected chi connectivity index (χ3v) is 17.0. The molecule has 3 heterocycles. The maximum absolute atomic E-state index is 5.49. The fraction of sp³-hybridized carbons (Fsp3) is 0.0571. The van der Waals surface area contributed by atoms with Crippen molar-refractivity contribution >= 4 is 71.6 Å². The molecule has 0 bridgehead atoms. The van der Waals surface area contributed by atoms with Gasteiger partial charge in [0.15, 0.2) is 0 Å². The molecule has 0 fully saturated rings. The lowest BCUT2D eigenvalue weighted by Crippen LogP contribution is -2.42. The number of anilines is 3. The van der Waals surface area contributed by atoms with Crippen LogP contribution >= 0.6 is 0 Å². The highest BCUT2D eigenvalue weighted by Gasteiger charge is 2.63. The van der Waals surface area contributed by atoms with Gasteiger partial charge in [-0.3, -0.25) is 4.57 Å². The molecule has 3 aliphatic carbocycles. The van der Waals surface area contributed by atoms with Crippen LogP contribution in [-0.4, -0.2) is 19.1 Å². The van der Waals surface area contributed by atoms with Gasteiger partial charge in [-0.15, -0.1) is 0 Å². The van der Waals surface area contributed by atoms with Gasteiger partial charge in [0, 0.05) is 66.5 Å². The standard InChI is InChI=1S/C70H47N5/c1-69-42-19-18-30-56(69)53-27-8-13-31-57(53)70(69)58-32-14-9-28-54(58)66-59(70)33-20-37-63(66)73(47-38-40-51-49-25-11-16-35-61(49)74(64(51)43-47)46-23-6-3-7-24-46)48-39-41-52-50-26-12-17-36-62(50)75(65(52)44-48)68-71-60-34-15-10-29-55(60)67(72-68)45-21-4-2-5-22-45/h2-44,56H,1H3. The van der Waals surface area contributed by atoms with Gasteiger partial charge in [0.05, 0.1) is 44.4 Å². The third-order valence-electron chi connectivity index (χ3n) is 17.0. The van der Waals surface area contributed by atoms with E-state index in [1.54, 1.807) is 0 Å². The Morgan fingerprint density at radius 2 is 1.04 bits per heavy atom. The monoisotopic (exact) mass is 957 g/mol. The van der Waals surface area contributed by atoms with Crippen LogP contribution in [0.5, 0.6) is 0 Å². The molecule has 5 nitrogen and oxygen atoms in total. The average Bonchev–Trinajstić information content (AvgIpc) is 4.36. The highest BCUT2D eigenvalue weighted by molar-refractivity contribution is 6.13. The molecule has 3 aromatic heterocycles. The van der Waals surface area contributed by atoms with Crippen molar-refractivity contribution in [3.05, 3.63) is 283 Å². The lowest BCUT2D eigenvalue weighted by atomic mass is 9.56. The normalized spacial score (nSPS) is 18.1. The first-order chi connectivity index (χ1) is 37.1. The molecule has 3 unspecified atom stereocenters. The number of hydrogen-bond acceptors (Lipinski definition) is 3. The molecule has 352 valence electrons. The topological polar surface area (TPSA) is 38.9 Å². The minimum atomic E-state index is -0.451. The van der Waals surface area contributed by atoms with E-state index in [0.29, 0.717) is 5.95 Å². The summed E-state index contributed by atoms with van der Waals surface area (Å²) in [5, 5.41) is 5.72. The summed E-state index contributed by atoms with van der Waals surface area (Å²) in [6, 6.07) is 86.7. The molecule has 0 saturated heterocycles. The molecule has 75 heavy (non-hydrogen) atoms. The van der Waals surface area contributed by atoms with Crippen LogP contribution < -0.4 is 4.90 Å². The molecule has 3 aliphatic rings. The number of aromatic nitrogens is 4. The Bertz CT molecular complexity index is 4580. The van der Waals surface area contributed by atoms with E-state index in [1.807, 2.05) is 0 Å². The Kier molecular flexibility index (Phi) is 8.79. The first kappa shape index (κ1) is 42.0. The van der Waals surface area contributed by atoms with Crippen molar-refractivity contribution < 1.29 is 0 Å². The maximum atomic E-state index is 5.49. The molecule has 0 aliphatic heterocycles. The van der Waals surface area contributed by atoms with Crippen molar-refractivity contribution in [3.8, 4) is 34.0 Å². The van der Waals surface area contributed by atoms with Gasteiger partial charge in [-0.05, 0) is 88.5 Å². The summed E-state index contributed by atoms with van der Waals surface area (Å²) in [5.41, 5.74) is 18.8. The average molecular weight is 958 g/mol. The van der Waals surface area contributed by atoms with E-state index >= 15 is 0 Å². The van der Waals surface area contributed by atoms with Gasteiger partial charge in [-0.25, -0.2) is 9.97 Å². The van der Waals surface area contributed by atoms with E-state index in [0.717, 1.165) is 72.2 Å². The predicted molar refractivity (Wildman–Crippen MR) is 309 cm³/mol. The molecule has 5 heteroatoms. The molecule has 1 spiro atoms. The lowest BCUT2D eigenvalue weighted by Gasteiger charge is -2.45. The summed E-state index contributed by atoms with van der Waals surface area (Å²) in [6.45, 7) is 2.50. The minimum Gasteiger partial charge on any atom is -0.310 e. The first-order valence-electron chi connectivity index (χ1n) is 26.0. The van der Waals surface area contributed by atoms with Crippen LogP contribution in [0.1, 0.15) is 35.1 Å². The molecule has 16 rings (SSSR count). The third kappa shape index (κ3) is 5.67.